The lowest BCUT2D eigenvalue weighted by Gasteiger charge is -2.05. The molecule has 6 heterocycles. The molecule has 0 amide bonds. The summed E-state index contributed by atoms with van der Waals surface area (Å²) in [7, 11) is -1.68. The Hall–Kier alpha value is -5.25. The molecule has 0 fully saturated rings. The molecule has 0 spiro atoms. The minimum absolute atomic E-state index is 0.815. The number of H-pyrrole nitrogens is 2. The zero-order valence-corrected chi connectivity index (χ0v) is 24.7. The fourth-order valence-electron chi connectivity index (χ4n) is 5.24. The summed E-state index contributed by atoms with van der Waals surface area (Å²) >= 11 is 0. The van der Waals surface area contributed by atoms with E-state index in [4.69, 9.17) is 9.97 Å². The van der Waals surface area contributed by atoms with Crippen molar-refractivity contribution in [3.8, 4) is 33.7 Å². The number of pyridine rings is 1. The van der Waals surface area contributed by atoms with Gasteiger partial charge in [0.25, 0.3) is 0 Å². The lowest BCUT2D eigenvalue weighted by atomic mass is 10.0. The van der Waals surface area contributed by atoms with Crippen LogP contribution >= 0.6 is 0 Å². The topological polar surface area (TPSA) is 70.2 Å². The SMILES string of the molecule is C[Si](C)(C)C#Cc1c2nc(c(-c3ccccc3)c3ccc(cc4ccc([nH]4)c(-c4cccnc4)c4nc1C=C4)[nH]3)C=C2. The number of hydrogen-bond acceptors (Lipinski definition) is 3. The average molecular weight is 560 g/mol. The molecule has 7 rings (SSSR count). The Morgan fingerprint density at radius 1 is 0.619 bits per heavy atom. The van der Waals surface area contributed by atoms with Gasteiger partial charge >= 0.3 is 0 Å². The molecule has 2 aliphatic heterocycles. The van der Waals surface area contributed by atoms with Crippen molar-refractivity contribution >= 4 is 54.4 Å². The highest BCUT2D eigenvalue weighted by Gasteiger charge is 2.17. The van der Waals surface area contributed by atoms with E-state index in [2.05, 4.69) is 131 Å². The molecule has 0 aliphatic carbocycles. The smallest absolute Gasteiger partial charge is 0.129 e. The number of fused-ring (bicyclic) bond motifs is 8. The highest BCUT2D eigenvalue weighted by molar-refractivity contribution is 6.83. The Kier molecular flexibility index (Phi) is 6.30. The van der Waals surface area contributed by atoms with Crippen molar-refractivity contribution in [2.75, 3.05) is 0 Å². The van der Waals surface area contributed by atoms with Gasteiger partial charge in [0, 0.05) is 51.2 Å². The summed E-state index contributed by atoms with van der Waals surface area (Å²) in [4.78, 5) is 22.0. The molecule has 6 heteroatoms. The van der Waals surface area contributed by atoms with Crippen LogP contribution < -0.4 is 0 Å². The summed E-state index contributed by atoms with van der Waals surface area (Å²) in [6, 6.07) is 25.0. The van der Waals surface area contributed by atoms with Crippen LogP contribution in [0.25, 0.3) is 68.6 Å². The highest BCUT2D eigenvalue weighted by Crippen LogP contribution is 2.33. The van der Waals surface area contributed by atoms with Gasteiger partial charge in [-0.15, -0.1) is 5.54 Å². The molecule has 2 N–H and O–H groups in total. The Morgan fingerprint density at radius 2 is 1.19 bits per heavy atom. The fourth-order valence-corrected chi connectivity index (χ4v) is 5.74. The Labute approximate surface area is 245 Å². The van der Waals surface area contributed by atoms with Crippen molar-refractivity contribution in [1.82, 2.24) is 24.9 Å². The van der Waals surface area contributed by atoms with Gasteiger partial charge in [0.1, 0.15) is 8.07 Å². The van der Waals surface area contributed by atoms with Crippen molar-refractivity contribution in [1.29, 1.82) is 0 Å². The third kappa shape index (κ3) is 5.02. The number of nitrogens with one attached hydrogen (secondary N) is 2. The van der Waals surface area contributed by atoms with Gasteiger partial charge in [-0.1, -0.05) is 62.0 Å². The van der Waals surface area contributed by atoms with E-state index in [1.807, 2.05) is 18.3 Å². The van der Waals surface area contributed by atoms with Gasteiger partial charge in [0.15, 0.2) is 0 Å². The van der Waals surface area contributed by atoms with Crippen LogP contribution in [0.5, 0.6) is 0 Å². The first-order valence-corrected chi connectivity index (χ1v) is 17.5. The van der Waals surface area contributed by atoms with E-state index < -0.39 is 8.07 Å². The summed E-state index contributed by atoms with van der Waals surface area (Å²) in [5.74, 6) is 3.52. The molecule has 0 unspecified atom stereocenters. The van der Waals surface area contributed by atoms with Crippen LogP contribution in [0.2, 0.25) is 19.6 Å². The third-order valence-corrected chi connectivity index (χ3v) is 8.02. The summed E-state index contributed by atoms with van der Waals surface area (Å²) in [5.41, 5.74) is 15.9. The third-order valence-electron chi connectivity index (χ3n) is 7.15. The maximum Gasteiger partial charge on any atom is 0.129 e. The van der Waals surface area contributed by atoms with Crippen LogP contribution in [0.3, 0.4) is 0 Å². The van der Waals surface area contributed by atoms with Crippen molar-refractivity contribution < 1.29 is 0 Å². The molecular weight excluding hydrogens is 531 g/mol. The van der Waals surface area contributed by atoms with Gasteiger partial charge in [-0.05, 0) is 66.3 Å². The molecule has 0 saturated carbocycles. The molecule has 0 atom stereocenters. The summed E-state index contributed by atoms with van der Waals surface area (Å²) < 4.78 is 0. The number of nitrogens with zero attached hydrogens (tertiary/aromatic N) is 3. The van der Waals surface area contributed by atoms with Crippen LogP contribution in [0.4, 0.5) is 0 Å². The van der Waals surface area contributed by atoms with Crippen LogP contribution in [-0.4, -0.2) is 33.0 Å². The van der Waals surface area contributed by atoms with E-state index in [0.29, 0.717) is 0 Å². The number of aromatic nitrogens is 5. The lowest BCUT2D eigenvalue weighted by molar-refractivity contribution is 1.25. The van der Waals surface area contributed by atoms with Crippen LogP contribution in [-0.2, 0) is 0 Å². The van der Waals surface area contributed by atoms with E-state index in [0.717, 1.165) is 72.7 Å². The van der Waals surface area contributed by atoms with Gasteiger partial charge in [-0.25, -0.2) is 9.97 Å². The van der Waals surface area contributed by atoms with E-state index in [9.17, 15) is 0 Å². The second-order valence-corrected chi connectivity index (χ2v) is 16.2. The molecule has 42 heavy (non-hydrogen) atoms. The molecule has 1 aromatic carbocycles. The molecule has 0 saturated heterocycles. The molecule has 5 nitrogen and oxygen atoms in total. The van der Waals surface area contributed by atoms with Crippen LogP contribution in [0.1, 0.15) is 28.3 Å². The minimum Gasteiger partial charge on any atom is -0.355 e. The summed E-state index contributed by atoms with van der Waals surface area (Å²) in [6.45, 7) is 6.76. The lowest BCUT2D eigenvalue weighted by Crippen LogP contribution is -2.16. The van der Waals surface area contributed by atoms with Gasteiger partial charge in [0.05, 0.1) is 28.3 Å². The van der Waals surface area contributed by atoms with Gasteiger partial charge < -0.3 is 9.97 Å². The van der Waals surface area contributed by atoms with Crippen molar-refractivity contribution in [2.24, 2.45) is 0 Å². The first kappa shape index (κ1) is 25.7. The second kappa shape index (κ2) is 10.3. The molecule has 202 valence electrons. The number of hydrogen-bond donors (Lipinski definition) is 2. The monoisotopic (exact) mass is 559 g/mol. The summed E-state index contributed by atoms with van der Waals surface area (Å²) in [5, 5.41) is 0. The Morgan fingerprint density at radius 3 is 1.76 bits per heavy atom. The molecular formula is C36H29N5Si. The zero-order valence-electron chi connectivity index (χ0n) is 23.7. The highest BCUT2D eigenvalue weighted by atomic mass is 28.3. The van der Waals surface area contributed by atoms with Crippen molar-refractivity contribution in [2.45, 2.75) is 19.6 Å². The average Bonchev–Trinajstić information content (AvgIpc) is 3.80. The van der Waals surface area contributed by atoms with Crippen molar-refractivity contribution in [3.63, 3.8) is 0 Å². The van der Waals surface area contributed by atoms with Crippen molar-refractivity contribution in [3.05, 3.63) is 114 Å². The molecule has 2 aliphatic rings. The van der Waals surface area contributed by atoms with Crippen LogP contribution in [0.15, 0.2) is 85.2 Å². The van der Waals surface area contributed by atoms with Crippen LogP contribution in [0, 0.1) is 11.5 Å². The standard InChI is InChI=1S/C36H29N5Si/c1-42(2,3)21-19-28-29-15-17-33(40-29)35(24-8-5-4-6-9-24)31-13-11-26(38-31)22-27-12-14-32(39-27)36(25-10-7-20-37-23-25)34-18-16-30(28)41-34/h4-18,20,22-23,38-39H,1-3H3. The normalized spacial score (nSPS) is 12.3. The predicted molar refractivity (Wildman–Crippen MR) is 178 cm³/mol. The first-order chi connectivity index (χ1) is 20.4. The minimum atomic E-state index is -1.68. The summed E-state index contributed by atoms with van der Waals surface area (Å²) in [6.07, 6.45) is 11.9. The van der Waals surface area contributed by atoms with E-state index in [1.54, 1.807) is 6.20 Å². The fraction of sp³-hybridized carbons (Fsp3) is 0.0833. The molecule has 8 bridgehead atoms. The number of aromatic amines is 2. The second-order valence-electron chi connectivity index (χ2n) is 11.5. The Balaban J connectivity index is 1.64. The van der Waals surface area contributed by atoms with Gasteiger partial charge in [-0.2, -0.15) is 0 Å². The van der Waals surface area contributed by atoms with Gasteiger partial charge in [-0.3, -0.25) is 4.98 Å². The largest absolute Gasteiger partial charge is 0.355 e. The maximum absolute atomic E-state index is 5.18. The zero-order chi connectivity index (χ0) is 28.7. The van der Waals surface area contributed by atoms with E-state index >= 15 is 0 Å². The predicted octanol–water partition coefficient (Wildman–Crippen LogP) is 8.61. The Bertz CT molecular complexity index is 1980. The molecule has 4 aromatic heterocycles. The first-order valence-electron chi connectivity index (χ1n) is 14.0. The maximum atomic E-state index is 5.18. The number of rotatable bonds is 2. The molecule has 0 radical (unpaired) electrons. The number of benzene rings is 1. The van der Waals surface area contributed by atoms with Gasteiger partial charge in [0.2, 0.25) is 0 Å². The quantitative estimate of drug-likeness (QED) is 0.165. The van der Waals surface area contributed by atoms with E-state index in [1.165, 1.54) is 0 Å². The molecule has 5 aromatic rings. The van der Waals surface area contributed by atoms with E-state index in [-0.39, 0.29) is 0 Å².